The maximum atomic E-state index is 12.6. The van der Waals surface area contributed by atoms with Crippen LogP contribution in [0.2, 0.25) is 0 Å². The van der Waals surface area contributed by atoms with Crippen LogP contribution in [0.15, 0.2) is 24.3 Å². The fourth-order valence-electron chi connectivity index (χ4n) is 2.49. The number of benzene rings is 1. The van der Waals surface area contributed by atoms with Crippen molar-refractivity contribution in [2.75, 3.05) is 6.61 Å². The number of hydrogen-bond donors (Lipinski definition) is 0. The number of carbonyl (C=O) groups is 2. The number of hydrogen-bond acceptors (Lipinski definition) is 4. The van der Waals surface area contributed by atoms with E-state index in [0.717, 1.165) is 38.5 Å². The summed E-state index contributed by atoms with van der Waals surface area (Å²) < 4.78 is 10.9. The molecule has 0 amide bonds. The van der Waals surface area contributed by atoms with Crippen molar-refractivity contribution in [2.45, 2.75) is 78.2 Å². The molecule has 0 bridgehead atoms. The van der Waals surface area contributed by atoms with E-state index in [-0.39, 0.29) is 17.2 Å². The Morgan fingerprint density at radius 3 is 2.26 bits per heavy atom. The molecular formula is C23H32O4. The van der Waals surface area contributed by atoms with Crippen LogP contribution in [0.5, 0.6) is 0 Å². The lowest BCUT2D eigenvalue weighted by atomic mass is 10.1. The third-order valence-electron chi connectivity index (χ3n) is 4.16. The largest absolute Gasteiger partial charge is 0.462 e. The molecule has 0 radical (unpaired) electrons. The van der Waals surface area contributed by atoms with E-state index in [0.29, 0.717) is 19.4 Å². The molecule has 0 N–H and O–H groups in total. The van der Waals surface area contributed by atoms with Crippen LogP contribution in [0.25, 0.3) is 0 Å². The van der Waals surface area contributed by atoms with Gasteiger partial charge in [0.25, 0.3) is 0 Å². The molecule has 0 fully saturated rings. The Morgan fingerprint density at radius 1 is 0.926 bits per heavy atom. The first kappa shape index (κ1) is 22.8. The maximum absolute atomic E-state index is 12.6. The van der Waals surface area contributed by atoms with Crippen molar-refractivity contribution in [3.8, 4) is 11.8 Å². The molecule has 1 atom stereocenters. The Hall–Kier alpha value is -2.28. The highest BCUT2D eigenvalue weighted by molar-refractivity contribution is 6.03. The van der Waals surface area contributed by atoms with Gasteiger partial charge in [0.15, 0.2) is 0 Å². The molecule has 0 saturated carbocycles. The van der Waals surface area contributed by atoms with Crippen molar-refractivity contribution in [2.24, 2.45) is 0 Å². The lowest BCUT2D eigenvalue weighted by molar-refractivity contribution is 0.0293. The van der Waals surface area contributed by atoms with Crippen molar-refractivity contribution in [3.05, 3.63) is 35.4 Å². The summed E-state index contributed by atoms with van der Waals surface area (Å²) in [6, 6.07) is 6.65. The molecule has 0 aliphatic carbocycles. The molecule has 0 saturated heterocycles. The van der Waals surface area contributed by atoms with Gasteiger partial charge in [-0.05, 0) is 31.4 Å². The van der Waals surface area contributed by atoms with E-state index < -0.39 is 11.9 Å². The third kappa shape index (κ3) is 8.77. The zero-order valence-corrected chi connectivity index (χ0v) is 16.9. The van der Waals surface area contributed by atoms with Gasteiger partial charge in [0.2, 0.25) is 0 Å². The van der Waals surface area contributed by atoms with Crippen LogP contribution in [0.4, 0.5) is 0 Å². The van der Waals surface area contributed by atoms with Crippen LogP contribution < -0.4 is 0 Å². The van der Waals surface area contributed by atoms with Crippen molar-refractivity contribution < 1.29 is 19.1 Å². The van der Waals surface area contributed by atoms with Gasteiger partial charge in [-0.25, -0.2) is 9.59 Å². The number of rotatable bonds is 11. The lowest BCUT2D eigenvalue weighted by Gasteiger charge is -2.15. The molecule has 4 nitrogen and oxygen atoms in total. The molecule has 1 aromatic rings. The molecule has 1 aromatic carbocycles. The summed E-state index contributed by atoms with van der Waals surface area (Å²) in [5, 5.41) is 0. The van der Waals surface area contributed by atoms with E-state index in [1.165, 1.54) is 0 Å². The van der Waals surface area contributed by atoms with Gasteiger partial charge in [-0.2, -0.15) is 0 Å². The minimum Gasteiger partial charge on any atom is -0.462 e. The first-order valence-corrected chi connectivity index (χ1v) is 10.1. The second-order valence-electron chi connectivity index (χ2n) is 6.49. The molecule has 0 aliphatic rings. The molecule has 0 spiro atoms. The van der Waals surface area contributed by atoms with Crippen molar-refractivity contribution >= 4 is 11.9 Å². The maximum Gasteiger partial charge on any atom is 0.339 e. The Balaban J connectivity index is 2.69. The molecular weight excluding hydrogens is 340 g/mol. The average Bonchev–Trinajstić information content (AvgIpc) is 2.69. The Labute approximate surface area is 163 Å². The summed E-state index contributed by atoms with van der Waals surface area (Å²) in [4.78, 5) is 24.9. The highest BCUT2D eigenvalue weighted by atomic mass is 16.5. The SMILES string of the molecule is CCCC#CCC(CC)OC(=O)c1ccccc1C(=O)OCCCCCC. The first-order valence-electron chi connectivity index (χ1n) is 10.1. The summed E-state index contributed by atoms with van der Waals surface area (Å²) in [7, 11) is 0. The van der Waals surface area contributed by atoms with Gasteiger partial charge < -0.3 is 9.47 Å². The molecule has 0 aliphatic heterocycles. The summed E-state index contributed by atoms with van der Waals surface area (Å²) in [6.07, 6.45) is 6.88. The predicted octanol–water partition coefficient (Wildman–Crippen LogP) is 5.55. The summed E-state index contributed by atoms with van der Waals surface area (Å²) in [6.45, 7) is 6.53. The fourth-order valence-corrected chi connectivity index (χ4v) is 2.49. The second kappa shape index (κ2) is 13.9. The van der Waals surface area contributed by atoms with Crippen LogP contribution in [-0.2, 0) is 9.47 Å². The Kier molecular flexibility index (Phi) is 11.7. The van der Waals surface area contributed by atoms with Gasteiger partial charge in [0, 0.05) is 12.8 Å². The van der Waals surface area contributed by atoms with Gasteiger partial charge in [-0.1, -0.05) is 58.1 Å². The molecule has 27 heavy (non-hydrogen) atoms. The molecule has 148 valence electrons. The summed E-state index contributed by atoms with van der Waals surface area (Å²) in [5.74, 6) is 5.14. The van der Waals surface area contributed by atoms with Crippen molar-refractivity contribution in [1.82, 2.24) is 0 Å². The second-order valence-corrected chi connectivity index (χ2v) is 6.49. The number of esters is 2. The summed E-state index contributed by atoms with van der Waals surface area (Å²) in [5.41, 5.74) is 0.501. The molecule has 1 unspecified atom stereocenters. The molecule has 0 aromatic heterocycles. The van der Waals surface area contributed by atoms with Gasteiger partial charge in [0.1, 0.15) is 6.10 Å². The highest BCUT2D eigenvalue weighted by Gasteiger charge is 2.21. The van der Waals surface area contributed by atoms with E-state index >= 15 is 0 Å². The van der Waals surface area contributed by atoms with E-state index in [1.54, 1.807) is 24.3 Å². The van der Waals surface area contributed by atoms with Crippen molar-refractivity contribution in [1.29, 1.82) is 0 Å². The zero-order valence-electron chi connectivity index (χ0n) is 16.9. The van der Waals surface area contributed by atoms with Gasteiger partial charge in [0.05, 0.1) is 17.7 Å². The van der Waals surface area contributed by atoms with Gasteiger partial charge >= 0.3 is 11.9 Å². The van der Waals surface area contributed by atoms with Gasteiger partial charge in [-0.3, -0.25) is 0 Å². The van der Waals surface area contributed by atoms with Crippen LogP contribution >= 0.6 is 0 Å². The number of carbonyl (C=O) groups excluding carboxylic acids is 2. The standard InChI is InChI=1S/C23H32O4/c1-4-7-9-11-15-19(6-3)27-23(25)21-17-13-12-16-20(21)22(24)26-18-14-10-8-5-2/h12-13,16-17,19H,4-8,10,14-15,18H2,1-3H3. The highest BCUT2D eigenvalue weighted by Crippen LogP contribution is 2.15. The first-order chi connectivity index (χ1) is 13.1. The van der Waals surface area contributed by atoms with Crippen LogP contribution in [0, 0.1) is 11.8 Å². The molecule has 0 heterocycles. The van der Waals surface area contributed by atoms with Crippen LogP contribution in [0.1, 0.15) is 92.9 Å². The number of ether oxygens (including phenoxy) is 2. The van der Waals surface area contributed by atoms with E-state index in [4.69, 9.17) is 9.47 Å². The smallest absolute Gasteiger partial charge is 0.339 e. The number of unbranched alkanes of at least 4 members (excludes halogenated alkanes) is 4. The average molecular weight is 373 g/mol. The van der Waals surface area contributed by atoms with E-state index in [2.05, 4.69) is 25.7 Å². The Bertz CT molecular complexity index is 639. The van der Waals surface area contributed by atoms with Gasteiger partial charge in [-0.15, -0.1) is 5.92 Å². The normalized spacial score (nSPS) is 11.2. The van der Waals surface area contributed by atoms with E-state index in [9.17, 15) is 9.59 Å². The van der Waals surface area contributed by atoms with Crippen LogP contribution in [0.3, 0.4) is 0 Å². The predicted molar refractivity (Wildman–Crippen MR) is 108 cm³/mol. The Morgan fingerprint density at radius 2 is 1.63 bits per heavy atom. The monoisotopic (exact) mass is 372 g/mol. The molecule has 4 heteroatoms. The van der Waals surface area contributed by atoms with E-state index in [1.807, 2.05) is 6.92 Å². The zero-order chi connectivity index (χ0) is 19.9. The quantitative estimate of drug-likeness (QED) is 0.290. The fraction of sp³-hybridized carbons (Fsp3) is 0.565. The topological polar surface area (TPSA) is 52.6 Å². The summed E-state index contributed by atoms with van der Waals surface area (Å²) >= 11 is 0. The minimum absolute atomic E-state index is 0.246. The minimum atomic E-state index is -0.502. The van der Waals surface area contributed by atoms with Crippen LogP contribution in [-0.4, -0.2) is 24.6 Å². The third-order valence-corrected chi connectivity index (χ3v) is 4.16. The lowest BCUT2D eigenvalue weighted by Crippen LogP contribution is -2.20. The molecule has 1 rings (SSSR count). The van der Waals surface area contributed by atoms with Crippen molar-refractivity contribution in [3.63, 3.8) is 0 Å².